The number of ether oxygens (including phenoxy) is 2. The summed E-state index contributed by atoms with van der Waals surface area (Å²) in [6, 6.07) is 5.34. The third-order valence-electron chi connectivity index (χ3n) is 7.21. The van der Waals surface area contributed by atoms with Crippen LogP contribution in [0.15, 0.2) is 36.9 Å². The number of hydrogen-bond acceptors (Lipinski definition) is 7. The number of amides is 1. The van der Waals surface area contributed by atoms with Gasteiger partial charge in [-0.1, -0.05) is 19.4 Å². The number of nitrogens with two attached hydrogens (primary N) is 1. The second-order valence-corrected chi connectivity index (χ2v) is 9.55. The van der Waals surface area contributed by atoms with Crippen molar-refractivity contribution in [3.8, 4) is 11.5 Å². The van der Waals surface area contributed by atoms with E-state index in [1.165, 1.54) is 0 Å². The van der Waals surface area contributed by atoms with Gasteiger partial charge in [-0.05, 0) is 43.5 Å². The molecule has 1 saturated heterocycles. The first-order valence-corrected chi connectivity index (χ1v) is 12.8. The number of carbonyl (C=O) groups excluding carboxylic acids is 1. The van der Waals surface area contributed by atoms with E-state index in [0.717, 1.165) is 24.8 Å². The topological polar surface area (TPSA) is 123 Å². The van der Waals surface area contributed by atoms with Crippen LogP contribution >= 0.6 is 0 Å². The van der Waals surface area contributed by atoms with E-state index in [2.05, 4.69) is 16.8 Å². The highest BCUT2D eigenvalue weighted by Gasteiger charge is 2.47. The van der Waals surface area contributed by atoms with E-state index >= 15 is 0 Å². The number of hydrogen-bond donors (Lipinski definition) is 2. The number of rotatable bonds is 13. The van der Waals surface area contributed by atoms with Crippen molar-refractivity contribution in [3.05, 3.63) is 42.5 Å². The van der Waals surface area contributed by atoms with E-state index in [-0.39, 0.29) is 31.2 Å². The van der Waals surface area contributed by atoms with Gasteiger partial charge in [-0.25, -0.2) is 4.98 Å². The number of unbranched alkanes of at least 4 members (excludes halogenated alkanes) is 1. The molecule has 1 fully saturated rings. The molecule has 3 heterocycles. The van der Waals surface area contributed by atoms with Gasteiger partial charge in [0.1, 0.15) is 0 Å². The van der Waals surface area contributed by atoms with Crippen molar-refractivity contribution in [1.82, 2.24) is 19.4 Å². The van der Waals surface area contributed by atoms with Crippen molar-refractivity contribution in [2.75, 3.05) is 39.5 Å². The van der Waals surface area contributed by atoms with Crippen LogP contribution in [0.3, 0.4) is 0 Å². The molecule has 10 nitrogen and oxygen atoms in total. The Morgan fingerprint density at radius 2 is 2.03 bits per heavy atom. The molecular weight excluding hydrogens is 462 g/mol. The van der Waals surface area contributed by atoms with Crippen LogP contribution in [-0.2, 0) is 16.1 Å². The molecule has 36 heavy (non-hydrogen) atoms. The highest BCUT2D eigenvalue weighted by atomic mass is 16.7. The average molecular weight is 500 g/mol. The summed E-state index contributed by atoms with van der Waals surface area (Å²) in [5, 5.41) is 10.3. The molecule has 0 spiro atoms. The second kappa shape index (κ2) is 12.2. The highest BCUT2D eigenvalue weighted by Crippen LogP contribution is 2.42. The smallest absolute Gasteiger partial charge is 0.308 e. The second-order valence-electron chi connectivity index (χ2n) is 9.55. The number of likely N-dealkylation sites (tertiary alicyclic amines) is 1. The normalized spacial score (nSPS) is 21.1. The van der Waals surface area contributed by atoms with Crippen molar-refractivity contribution < 1.29 is 24.2 Å². The van der Waals surface area contributed by atoms with Crippen molar-refractivity contribution in [3.63, 3.8) is 0 Å². The lowest BCUT2D eigenvalue weighted by Crippen LogP contribution is -2.45. The molecule has 3 atom stereocenters. The molecule has 3 N–H and O–H groups in total. The summed E-state index contributed by atoms with van der Waals surface area (Å²) in [7, 11) is 0. The first-order chi connectivity index (χ1) is 17.5. The van der Waals surface area contributed by atoms with Crippen LogP contribution in [0.4, 0.5) is 0 Å². The molecule has 1 aromatic heterocycles. The van der Waals surface area contributed by atoms with Crippen LogP contribution in [0.2, 0.25) is 0 Å². The first-order valence-electron chi connectivity index (χ1n) is 12.8. The number of imidazole rings is 1. The van der Waals surface area contributed by atoms with Crippen LogP contribution in [0.1, 0.15) is 44.1 Å². The van der Waals surface area contributed by atoms with Gasteiger partial charge in [0.15, 0.2) is 11.5 Å². The summed E-state index contributed by atoms with van der Waals surface area (Å²) in [5.74, 6) is -0.456. The van der Waals surface area contributed by atoms with Crippen LogP contribution in [0, 0.1) is 5.92 Å². The van der Waals surface area contributed by atoms with Crippen molar-refractivity contribution in [2.45, 2.75) is 51.1 Å². The number of nitrogens with zero attached hydrogens (tertiary/aromatic N) is 4. The number of carboxylic acid groups (broad SMARTS) is 1. The third-order valence-corrected chi connectivity index (χ3v) is 7.21. The Hall–Kier alpha value is -3.11. The van der Waals surface area contributed by atoms with E-state index in [1.54, 1.807) is 12.5 Å². The number of benzene rings is 1. The van der Waals surface area contributed by atoms with Gasteiger partial charge in [0.25, 0.3) is 0 Å². The van der Waals surface area contributed by atoms with Crippen molar-refractivity contribution >= 4 is 11.9 Å². The zero-order valence-electron chi connectivity index (χ0n) is 20.9. The lowest BCUT2D eigenvalue weighted by Gasteiger charge is -2.30. The quantitative estimate of drug-likeness (QED) is 0.430. The van der Waals surface area contributed by atoms with Crippen LogP contribution in [0.5, 0.6) is 11.5 Å². The SMILES string of the molecule is CCCCN(CCCN)C(=O)CN1C[C@H](c2ccc3c(c2)OCO3)[C@@H](C(=O)O)[C@@H]1CCn1ccnc1. The molecule has 2 aliphatic heterocycles. The monoisotopic (exact) mass is 499 g/mol. The zero-order chi connectivity index (χ0) is 25.5. The minimum absolute atomic E-state index is 0.0278. The minimum atomic E-state index is -0.853. The molecular formula is C26H37N5O5. The summed E-state index contributed by atoms with van der Waals surface area (Å²) in [6.45, 7) is 5.40. The average Bonchev–Trinajstić information content (AvgIpc) is 3.62. The Labute approximate surface area is 212 Å². The Morgan fingerprint density at radius 3 is 2.75 bits per heavy atom. The molecule has 4 rings (SSSR count). The molecule has 0 unspecified atom stereocenters. The Bertz CT molecular complexity index is 1010. The molecule has 0 saturated carbocycles. The van der Waals surface area contributed by atoms with Gasteiger partial charge in [0, 0.05) is 50.5 Å². The number of aliphatic carboxylic acids is 1. The fourth-order valence-electron chi connectivity index (χ4n) is 5.30. The summed E-state index contributed by atoms with van der Waals surface area (Å²) < 4.78 is 12.9. The maximum Gasteiger partial charge on any atom is 0.308 e. The van der Waals surface area contributed by atoms with Gasteiger partial charge in [0.05, 0.1) is 18.8 Å². The van der Waals surface area contributed by atoms with Gasteiger partial charge >= 0.3 is 5.97 Å². The summed E-state index contributed by atoms with van der Waals surface area (Å²) in [4.78, 5) is 34.1. The first kappa shape index (κ1) is 26.0. The lowest BCUT2D eigenvalue weighted by molar-refractivity contribution is -0.144. The van der Waals surface area contributed by atoms with Gasteiger partial charge in [-0.2, -0.15) is 0 Å². The molecule has 196 valence electrons. The van der Waals surface area contributed by atoms with Gasteiger partial charge in [-0.3, -0.25) is 14.5 Å². The van der Waals surface area contributed by atoms with Gasteiger partial charge < -0.3 is 29.8 Å². The van der Waals surface area contributed by atoms with Crippen LogP contribution in [0.25, 0.3) is 0 Å². The minimum Gasteiger partial charge on any atom is -0.481 e. The molecule has 2 aromatic rings. The molecule has 0 radical (unpaired) electrons. The summed E-state index contributed by atoms with van der Waals surface area (Å²) in [5.41, 5.74) is 6.60. The van der Waals surface area contributed by atoms with E-state index < -0.39 is 11.9 Å². The molecule has 0 bridgehead atoms. The maximum atomic E-state index is 13.4. The largest absolute Gasteiger partial charge is 0.481 e. The lowest BCUT2D eigenvalue weighted by atomic mass is 9.84. The van der Waals surface area contributed by atoms with Crippen LogP contribution < -0.4 is 15.2 Å². The number of aryl methyl sites for hydroxylation is 1. The highest BCUT2D eigenvalue weighted by molar-refractivity contribution is 5.79. The fourth-order valence-corrected chi connectivity index (χ4v) is 5.30. The van der Waals surface area contributed by atoms with Crippen LogP contribution in [-0.4, -0.2) is 81.9 Å². The van der Waals surface area contributed by atoms with E-state index in [9.17, 15) is 14.7 Å². The molecule has 10 heteroatoms. The summed E-state index contributed by atoms with van der Waals surface area (Å²) >= 11 is 0. The molecule has 1 aromatic carbocycles. The summed E-state index contributed by atoms with van der Waals surface area (Å²) in [6.07, 6.45) is 8.58. The third kappa shape index (κ3) is 5.99. The predicted octanol–water partition coefficient (Wildman–Crippen LogP) is 2.15. The standard InChI is InChI=1S/C26H37N5O5/c1-2-3-10-30(11-4-8-27)24(32)16-31-15-20(19-5-6-22-23(14-19)36-18-35-22)25(26(33)34)21(31)7-12-29-13-9-28-17-29/h5-6,9,13-14,17,20-21,25H,2-4,7-8,10-12,15-16,18,27H2,1H3,(H,33,34)/t20-,21+,25-/m1/s1. The molecule has 0 aliphatic carbocycles. The number of fused-ring (bicyclic) bond motifs is 1. The number of carboxylic acids is 1. The van der Waals surface area contributed by atoms with E-state index in [0.29, 0.717) is 50.6 Å². The van der Waals surface area contributed by atoms with Gasteiger partial charge in [-0.15, -0.1) is 0 Å². The molecule has 1 amide bonds. The Morgan fingerprint density at radius 1 is 1.22 bits per heavy atom. The predicted molar refractivity (Wildman–Crippen MR) is 134 cm³/mol. The van der Waals surface area contributed by atoms with E-state index in [4.69, 9.17) is 15.2 Å². The Kier molecular flexibility index (Phi) is 8.82. The van der Waals surface area contributed by atoms with Crippen molar-refractivity contribution in [2.24, 2.45) is 11.7 Å². The maximum absolute atomic E-state index is 13.4. The van der Waals surface area contributed by atoms with Gasteiger partial charge in [0.2, 0.25) is 12.7 Å². The fraction of sp³-hybridized carbons (Fsp3) is 0.577. The Balaban J connectivity index is 1.58. The number of carbonyl (C=O) groups is 2. The van der Waals surface area contributed by atoms with Crippen molar-refractivity contribution in [1.29, 1.82) is 0 Å². The number of aromatic nitrogens is 2. The molecule has 2 aliphatic rings. The van der Waals surface area contributed by atoms with E-state index in [1.807, 2.05) is 33.9 Å². The zero-order valence-corrected chi connectivity index (χ0v) is 20.9.